The highest BCUT2D eigenvalue weighted by Crippen LogP contribution is 2.26. The van der Waals surface area contributed by atoms with E-state index in [4.69, 9.17) is 4.74 Å². The van der Waals surface area contributed by atoms with Crippen LogP contribution in [0.5, 0.6) is 5.75 Å². The molecule has 1 aromatic heterocycles. The standard InChI is InChI=1S/C23H21BrN4O2S/c1-15(30-18-12-10-17(24)11-13-18)22-26-27-23(28(22)2)31-14-21(29)25-20-9-5-7-16-6-3-4-8-19(16)20/h3-13,15H,14H2,1-2H3,(H,25,29). The van der Waals surface area contributed by atoms with Crippen LogP contribution in [0, 0.1) is 0 Å². The molecule has 8 heteroatoms. The molecule has 1 amide bonds. The van der Waals surface area contributed by atoms with Gasteiger partial charge in [-0.2, -0.15) is 0 Å². The minimum absolute atomic E-state index is 0.0925. The molecule has 0 bridgehead atoms. The molecule has 158 valence electrons. The number of rotatable bonds is 7. The number of carbonyl (C=O) groups excluding carboxylic acids is 1. The van der Waals surface area contributed by atoms with E-state index in [-0.39, 0.29) is 17.8 Å². The first-order valence-corrected chi connectivity index (χ1v) is 11.5. The van der Waals surface area contributed by atoms with Crippen LogP contribution in [0.25, 0.3) is 10.8 Å². The zero-order valence-electron chi connectivity index (χ0n) is 17.1. The van der Waals surface area contributed by atoms with Gasteiger partial charge < -0.3 is 14.6 Å². The first-order chi connectivity index (χ1) is 15.0. The highest BCUT2D eigenvalue weighted by Gasteiger charge is 2.18. The number of nitrogens with one attached hydrogen (secondary N) is 1. The molecule has 1 unspecified atom stereocenters. The zero-order valence-corrected chi connectivity index (χ0v) is 19.5. The molecule has 0 spiro atoms. The second kappa shape index (κ2) is 9.53. The van der Waals surface area contributed by atoms with Gasteiger partial charge in [-0.3, -0.25) is 4.79 Å². The van der Waals surface area contributed by atoms with Crippen molar-refractivity contribution in [2.45, 2.75) is 18.2 Å². The number of amides is 1. The Labute approximate surface area is 193 Å². The second-order valence-corrected chi connectivity index (χ2v) is 8.84. The molecule has 0 fully saturated rings. The molecule has 1 atom stereocenters. The Morgan fingerprint density at radius 1 is 1.10 bits per heavy atom. The predicted octanol–water partition coefficient (Wildman–Crippen LogP) is 5.60. The molecule has 4 aromatic rings. The van der Waals surface area contributed by atoms with E-state index in [2.05, 4.69) is 31.4 Å². The monoisotopic (exact) mass is 496 g/mol. The van der Waals surface area contributed by atoms with Crippen molar-refractivity contribution in [1.82, 2.24) is 14.8 Å². The van der Waals surface area contributed by atoms with Crippen LogP contribution in [0.3, 0.4) is 0 Å². The molecule has 6 nitrogen and oxygen atoms in total. The summed E-state index contributed by atoms with van der Waals surface area (Å²) >= 11 is 4.76. The van der Waals surface area contributed by atoms with Crippen LogP contribution in [0.1, 0.15) is 18.9 Å². The van der Waals surface area contributed by atoms with Crippen LogP contribution in [-0.4, -0.2) is 26.4 Å². The summed E-state index contributed by atoms with van der Waals surface area (Å²) in [6.45, 7) is 1.92. The topological polar surface area (TPSA) is 69.0 Å². The van der Waals surface area contributed by atoms with Gasteiger partial charge in [0.05, 0.1) is 5.75 Å². The summed E-state index contributed by atoms with van der Waals surface area (Å²) in [5.74, 6) is 1.59. The molecule has 0 saturated heterocycles. The minimum atomic E-state index is -0.280. The minimum Gasteiger partial charge on any atom is -0.483 e. The van der Waals surface area contributed by atoms with E-state index in [9.17, 15) is 4.79 Å². The van der Waals surface area contributed by atoms with E-state index in [1.54, 1.807) is 0 Å². The van der Waals surface area contributed by atoms with Gasteiger partial charge in [-0.1, -0.05) is 64.1 Å². The van der Waals surface area contributed by atoms with Crippen molar-refractivity contribution in [3.63, 3.8) is 0 Å². The van der Waals surface area contributed by atoms with Gasteiger partial charge in [0.15, 0.2) is 17.1 Å². The molecule has 0 aliphatic heterocycles. The number of benzene rings is 3. The maximum Gasteiger partial charge on any atom is 0.234 e. The van der Waals surface area contributed by atoms with Crippen molar-refractivity contribution in [1.29, 1.82) is 0 Å². The number of ether oxygens (including phenoxy) is 1. The fourth-order valence-corrected chi connectivity index (χ4v) is 4.21. The molecule has 3 aromatic carbocycles. The molecule has 0 radical (unpaired) electrons. The van der Waals surface area contributed by atoms with Gasteiger partial charge in [-0.25, -0.2) is 0 Å². The van der Waals surface area contributed by atoms with Crippen molar-refractivity contribution >= 4 is 50.1 Å². The first-order valence-electron chi connectivity index (χ1n) is 9.73. The van der Waals surface area contributed by atoms with E-state index in [1.165, 1.54) is 11.8 Å². The van der Waals surface area contributed by atoms with Crippen LogP contribution in [0.15, 0.2) is 76.4 Å². The summed E-state index contributed by atoms with van der Waals surface area (Å²) in [6, 6.07) is 21.5. The first kappa shape index (κ1) is 21.4. The zero-order chi connectivity index (χ0) is 21.8. The van der Waals surface area contributed by atoms with Crippen molar-refractivity contribution in [3.05, 3.63) is 77.0 Å². The van der Waals surface area contributed by atoms with E-state index in [0.717, 1.165) is 26.7 Å². The van der Waals surface area contributed by atoms with Crippen molar-refractivity contribution in [2.75, 3.05) is 11.1 Å². The van der Waals surface area contributed by atoms with Crippen molar-refractivity contribution in [3.8, 4) is 5.75 Å². The fraction of sp³-hybridized carbons (Fsp3) is 0.174. The molecule has 0 saturated carbocycles. The second-order valence-electron chi connectivity index (χ2n) is 6.98. The van der Waals surface area contributed by atoms with Crippen LogP contribution >= 0.6 is 27.7 Å². The Balaban J connectivity index is 1.38. The number of hydrogen-bond donors (Lipinski definition) is 1. The largest absolute Gasteiger partial charge is 0.483 e. The van der Waals surface area contributed by atoms with Crippen LogP contribution in [0.4, 0.5) is 5.69 Å². The summed E-state index contributed by atoms with van der Waals surface area (Å²) in [7, 11) is 1.88. The third-order valence-corrected chi connectivity index (χ3v) is 6.30. The highest BCUT2D eigenvalue weighted by atomic mass is 79.9. The number of carbonyl (C=O) groups is 1. The molecule has 0 aliphatic rings. The average molecular weight is 497 g/mol. The lowest BCUT2D eigenvalue weighted by atomic mass is 10.1. The Morgan fingerprint density at radius 3 is 2.65 bits per heavy atom. The van der Waals surface area contributed by atoms with Gasteiger partial charge in [0, 0.05) is 22.6 Å². The Bertz CT molecular complexity index is 1200. The van der Waals surface area contributed by atoms with Crippen LogP contribution in [0.2, 0.25) is 0 Å². The van der Waals surface area contributed by atoms with Crippen LogP contribution < -0.4 is 10.1 Å². The lowest BCUT2D eigenvalue weighted by Crippen LogP contribution is -2.15. The molecule has 4 rings (SSSR count). The number of nitrogens with zero attached hydrogens (tertiary/aromatic N) is 3. The van der Waals surface area contributed by atoms with Gasteiger partial charge in [0.1, 0.15) is 5.75 Å². The summed E-state index contributed by atoms with van der Waals surface area (Å²) < 4.78 is 8.82. The summed E-state index contributed by atoms with van der Waals surface area (Å²) in [5, 5.41) is 14.3. The summed E-state index contributed by atoms with van der Waals surface area (Å²) in [4.78, 5) is 12.5. The maximum atomic E-state index is 12.5. The van der Waals surface area contributed by atoms with Crippen molar-refractivity contribution in [2.24, 2.45) is 7.05 Å². The molecule has 0 aliphatic carbocycles. The molecular weight excluding hydrogens is 476 g/mol. The smallest absolute Gasteiger partial charge is 0.234 e. The van der Waals surface area contributed by atoms with Crippen molar-refractivity contribution < 1.29 is 9.53 Å². The third kappa shape index (κ3) is 5.08. The van der Waals surface area contributed by atoms with E-state index in [0.29, 0.717) is 11.0 Å². The Morgan fingerprint density at radius 2 is 1.84 bits per heavy atom. The molecule has 1 heterocycles. The highest BCUT2D eigenvalue weighted by molar-refractivity contribution is 9.10. The van der Waals surface area contributed by atoms with Gasteiger partial charge in [0.2, 0.25) is 5.91 Å². The SMILES string of the molecule is CC(Oc1ccc(Br)cc1)c1nnc(SCC(=O)Nc2cccc3ccccc23)n1C. The number of fused-ring (bicyclic) bond motifs is 1. The lowest BCUT2D eigenvalue weighted by Gasteiger charge is -2.14. The van der Waals surface area contributed by atoms with Gasteiger partial charge in [-0.05, 0) is 42.6 Å². The maximum absolute atomic E-state index is 12.5. The average Bonchev–Trinajstić information content (AvgIpc) is 3.14. The lowest BCUT2D eigenvalue weighted by molar-refractivity contribution is -0.113. The number of halogens is 1. The fourth-order valence-electron chi connectivity index (χ4n) is 3.23. The normalized spacial score (nSPS) is 12.0. The number of anilines is 1. The Kier molecular flexibility index (Phi) is 6.58. The number of thioether (sulfide) groups is 1. The van der Waals surface area contributed by atoms with Gasteiger partial charge in [0.25, 0.3) is 0 Å². The molecule has 31 heavy (non-hydrogen) atoms. The number of hydrogen-bond acceptors (Lipinski definition) is 5. The molecular formula is C23H21BrN4O2S. The Hall–Kier alpha value is -2.84. The summed E-state index contributed by atoms with van der Waals surface area (Å²) in [6.07, 6.45) is -0.280. The third-order valence-electron chi connectivity index (χ3n) is 4.75. The predicted molar refractivity (Wildman–Crippen MR) is 127 cm³/mol. The molecule has 1 N–H and O–H groups in total. The number of aromatic nitrogens is 3. The van der Waals surface area contributed by atoms with Gasteiger partial charge >= 0.3 is 0 Å². The van der Waals surface area contributed by atoms with Gasteiger partial charge in [-0.15, -0.1) is 10.2 Å². The van der Waals surface area contributed by atoms with E-state index >= 15 is 0 Å². The quantitative estimate of drug-likeness (QED) is 0.337. The van der Waals surface area contributed by atoms with Crippen LogP contribution in [-0.2, 0) is 11.8 Å². The summed E-state index contributed by atoms with van der Waals surface area (Å²) in [5.41, 5.74) is 0.805. The van der Waals surface area contributed by atoms with E-state index in [1.807, 2.05) is 85.3 Å². The van der Waals surface area contributed by atoms with E-state index < -0.39 is 0 Å².